The van der Waals surface area contributed by atoms with Crippen LogP contribution in [0.2, 0.25) is 0 Å². The van der Waals surface area contributed by atoms with Crippen LogP contribution in [0.1, 0.15) is 104 Å². The highest BCUT2D eigenvalue weighted by atomic mass is 16.3. The Morgan fingerprint density at radius 3 is 2.24 bits per heavy atom. The zero-order valence-electron chi connectivity index (χ0n) is 24.0. The number of allylic oxidation sites excluding steroid dienone is 4. The molecule has 3 heteroatoms. The Morgan fingerprint density at radius 1 is 0.974 bits per heavy atom. The van der Waals surface area contributed by atoms with E-state index in [-0.39, 0.29) is 11.5 Å². The van der Waals surface area contributed by atoms with Crippen molar-refractivity contribution in [2.45, 2.75) is 122 Å². The van der Waals surface area contributed by atoms with Crippen LogP contribution in [0, 0.1) is 46.3 Å². The molecule has 0 spiro atoms. The highest BCUT2D eigenvalue weighted by molar-refractivity contribution is 5.29. The Kier molecular flexibility index (Phi) is 7.36. The third-order valence-corrected chi connectivity index (χ3v) is 12.6. The number of fused-ring (bicyclic) bond motifs is 1. The molecule has 0 unspecified atom stereocenters. The topological polar surface area (TPSA) is 60.7 Å². The van der Waals surface area contributed by atoms with Crippen LogP contribution in [-0.4, -0.2) is 33.6 Å². The number of rotatable bonds is 6. The number of aliphatic hydroxyl groups excluding tert-OH is 3. The minimum Gasteiger partial charge on any atom is -0.392 e. The van der Waals surface area contributed by atoms with Crippen molar-refractivity contribution in [2.75, 3.05) is 0 Å². The van der Waals surface area contributed by atoms with Gasteiger partial charge in [0.15, 0.2) is 0 Å². The van der Waals surface area contributed by atoms with Crippen molar-refractivity contribution in [3.63, 3.8) is 0 Å². The summed E-state index contributed by atoms with van der Waals surface area (Å²) in [6.07, 6.45) is 24.4. The van der Waals surface area contributed by atoms with Gasteiger partial charge in [-0.3, -0.25) is 0 Å². The molecule has 7 aliphatic rings. The van der Waals surface area contributed by atoms with E-state index < -0.39 is 12.2 Å². The summed E-state index contributed by atoms with van der Waals surface area (Å²) < 4.78 is 0. The van der Waals surface area contributed by atoms with Gasteiger partial charge in [-0.15, -0.1) is 0 Å². The Morgan fingerprint density at radius 2 is 1.61 bits per heavy atom. The van der Waals surface area contributed by atoms with Crippen molar-refractivity contribution in [3.8, 4) is 0 Å². The van der Waals surface area contributed by atoms with Gasteiger partial charge in [0.1, 0.15) is 0 Å². The van der Waals surface area contributed by atoms with Crippen LogP contribution in [0.5, 0.6) is 0 Å². The van der Waals surface area contributed by atoms with Crippen LogP contribution in [0.4, 0.5) is 0 Å². The lowest BCUT2D eigenvalue weighted by molar-refractivity contribution is -0.118. The summed E-state index contributed by atoms with van der Waals surface area (Å²) in [5.41, 5.74) is 3.84. The van der Waals surface area contributed by atoms with E-state index in [0.717, 1.165) is 29.7 Å². The molecule has 210 valence electrons. The SMILES string of the molecule is C=C1[C@H](O)CC(=C/C=C2\CCC[C@]3(C)[C@@H]([C@@H](C)/C=C/C[C@@H](O)C45CC6CC(CC(C6)C4)C5)CC[C@@H]23)C[C@H]1O. The molecule has 0 heterocycles. The summed E-state index contributed by atoms with van der Waals surface area (Å²) >= 11 is 0. The van der Waals surface area contributed by atoms with E-state index >= 15 is 0 Å². The smallest absolute Gasteiger partial charge is 0.0809 e. The molecule has 4 bridgehead atoms. The summed E-state index contributed by atoms with van der Waals surface area (Å²) in [5.74, 6) is 4.56. The first-order valence-electron chi connectivity index (χ1n) is 15.9. The normalized spacial score (nSPS) is 47.1. The molecule has 7 aliphatic carbocycles. The van der Waals surface area contributed by atoms with Crippen LogP contribution in [-0.2, 0) is 0 Å². The Balaban J connectivity index is 1.09. The van der Waals surface area contributed by atoms with Gasteiger partial charge in [-0.1, -0.05) is 55.9 Å². The highest BCUT2D eigenvalue weighted by Gasteiger charge is 2.54. The van der Waals surface area contributed by atoms with Gasteiger partial charge in [0.2, 0.25) is 0 Å². The quantitative estimate of drug-likeness (QED) is 0.322. The maximum absolute atomic E-state index is 11.4. The van der Waals surface area contributed by atoms with E-state index in [0.29, 0.717) is 41.6 Å². The minimum absolute atomic E-state index is 0.155. The predicted octanol–water partition coefficient (Wildman–Crippen LogP) is 7.29. The summed E-state index contributed by atoms with van der Waals surface area (Å²) in [6.45, 7) is 8.81. The molecular weight excluding hydrogens is 468 g/mol. The maximum Gasteiger partial charge on any atom is 0.0809 e. The number of aliphatic hydroxyl groups is 3. The van der Waals surface area contributed by atoms with E-state index in [9.17, 15) is 15.3 Å². The lowest BCUT2D eigenvalue weighted by atomic mass is 9.48. The highest BCUT2D eigenvalue weighted by Crippen LogP contribution is 2.62. The van der Waals surface area contributed by atoms with Crippen molar-refractivity contribution < 1.29 is 15.3 Å². The lowest BCUT2D eigenvalue weighted by Gasteiger charge is -2.58. The predicted molar refractivity (Wildman–Crippen MR) is 154 cm³/mol. The Bertz CT molecular complexity index is 951. The van der Waals surface area contributed by atoms with E-state index in [1.165, 1.54) is 70.6 Å². The fraction of sp³-hybridized carbons (Fsp3) is 0.771. The summed E-state index contributed by atoms with van der Waals surface area (Å²) in [7, 11) is 0. The number of hydrogen-bond acceptors (Lipinski definition) is 3. The van der Waals surface area contributed by atoms with Crippen LogP contribution in [0.15, 0.2) is 47.6 Å². The van der Waals surface area contributed by atoms with Gasteiger partial charge in [-0.25, -0.2) is 0 Å². The number of hydrogen-bond donors (Lipinski definition) is 3. The Hall–Kier alpha value is -1.16. The molecule has 7 saturated carbocycles. The first-order valence-corrected chi connectivity index (χ1v) is 15.9. The van der Waals surface area contributed by atoms with E-state index in [4.69, 9.17) is 0 Å². The van der Waals surface area contributed by atoms with Crippen molar-refractivity contribution in [2.24, 2.45) is 46.3 Å². The zero-order valence-corrected chi connectivity index (χ0v) is 24.0. The van der Waals surface area contributed by atoms with E-state index in [1.807, 2.05) is 0 Å². The van der Waals surface area contributed by atoms with Gasteiger partial charge >= 0.3 is 0 Å². The first-order chi connectivity index (χ1) is 18.2. The van der Waals surface area contributed by atoms with Crippen molar-refractivity contribution in [1.82, 2.24) is 0 Å². The van der Waals surface area contributed by atoms with Gasteiger partial charge in [0.25, 0.3) is 0 Å². The van der Waals surface area contributed by atoms with Gasteiger partial charge in [0.05, 0.1) is 18.3 Å². The standard InChI is InChI=1S/C35H52O3/c1-22(6-4-8-33(38)35-19-25-14-26(20-35)16-27(15-25)21-35)29-11-12-30-28(7-5-13-34(29,30)3)10-9-24-17-31(36)23(2)32(37)18-24/h4,6,9-10,22,25-27,29-33,36-38H,2,5,7-8,11-21H2,1,3H3/b6-4+,28-10+/t22-,25?,26?,27?,29+,30-,31+,32+,33+,34+,35?/m0/s1. The lowest BCUT2D eigenvalue weighted by Crippen LogP contribution is -2.51. The fourth-order valence-corrected chi connectivity index (χ4v) is 11.0. The third kappa shape index (κ3) is 4.83. The van der Waals surface area contributed by atoms with Gasteiger partial charge in [0, 0.05) is 0 Å². The van der Waals surface area contributed by atoms with Crippen molar-refractivity contribution in [3.05, 3.63) is 47.6 Å². The van der Waals surface area contributed by atoms with Gasteiger partial charge < -0.3 is 15.3 Å². The summed E-state index contributed by atoms with van der Waals surface area (Å²) in [4.78, 5) is 0. The second-order valence-electron chi connectivity index (χ2n) is 15.0. The summed E-state index contributed by atoms with van der Waals surface area (Å²) in [5, 5.41) is 31.8. The van der Waals surface area contributed by atoms with E-state index in [2.05, 4.69) is 44.7 Å². The van der Waals surface area contributed by atoms with Crippen LogP contribution in [0.25, 0.3) is 0 Å². The Labute approximate surface area is 231 Å². The first kappa shape index (κ1) is 27.0. The molecule has 0 aromatic carbocycles. The second-order valence-corrected chi connectivity index (χ2v) is 15.0. The molecule has 0 radical (unpaired) electrons. The summed E-state index contributed by atoms with van der Waals surface area (Å²) in [6, 6.07) is 0. The molecule has 3 nitrogen and oxygen atoms in total. The molecule has 3 N–H and O–H groups in total. The average molecular weight is 521 g/mol. The maximum atomic E-state index is 11.4. The molecule has 0 aromatic rings. The molecule has 0 amide bonds. The van der Waals surface area contributed by atoms with Crippen LogP contribution < -0.4 is 0 Å². The largest absolute Gasteiger partial charge is 0.392 e. The average Bonchev–Trinajstić information content (AvgIpc) is 3.22. The molecule has 0 saturated heterocycles. The molecule has 38 heavy (non-hydrogen) atoms. The van der Waals surface area contributed by atoms with Crippen molar-refractivity contribution in [1.29, 1.82) is 0 Å². The van der Waals surface area contributed by atoms with Gasteiger partial charge in [-0.05, 0) is 142 Å². The fourth-order valence-electron chi connectivity index (χ4n) is 11.0. The van der Waals surface area contributed by atoms with Crippen LogP contribution in [0.3, 0.4) is 0 Å². The second kappa shape index (κ2) is 10.3. The third-order valence-electron chi connectivity index (χ3n) is 12.6. The zero-order chi connectivity index (χ0) is 26.7. The van der Waals surface area contributed by atoms with E-state index in [1.54, 1.807) is 5.57 Å². The molecule has 7 fully saturated rings. The molecule has 0 aromatic heterocycles. The molecule has 0 aliphatic heterocycles. The molecule has 7 rings (SSSR count). The minimum atomic E-state index is -0.620. The molecule has 7 atom stereocenters. The van der Waals surface area contributed by atoms with Crippen LogP contribution >= 0.6 is 0 Å². The monoisotopic (exact) mass is 520 g/mol. The van der Waals surface area contributed by atoms with Crippen molar-refractivity contribution >= 4 is 0 Å². The molecular formula is C35H52O3. The van der Waals surface area contributed by atoms with Gasteiger partial charge in [-0.2, -0.15) is 0 Å².